The summed E-state index contributed by atoms with van der Waals surface area (Å²) in [5, 5.41) is 2.89. The summed E-state index contributed by atoms with van der Waals surface area (Å²) in [4.78, 5) is 15.9. The highest BCUT2D eigenvalue weighted by Crippen LogP contribution is 2.16. The first kappa shape index (κ1) is 15.9. The van der Waals surface area contributed by atoms with E-state index in [0.717, 1.165) is 24.1 Å². The van der Waals surface area contributed by atoms with Crippen molar-refractivity contribution in [1.82, 2.24) is 11.0 Å². The maximum atomic E-state index is 11.8. The molecule has 0 aliphatic heterocycles. The molecule has 1 rings (SSSR count). The van der Waals surface area contributed by atoms with E-state index < -0.39 is 0 Å². The van der Waals surface area contributed by atoms with E-state index in [1.165, 1.54) is 0 Å². The maximum absolute atomic E-state index is 11.8. The number of guanidine groups is 1. The van der Waals surface area contributed by atoms with Crippen molar-refractivity contribution in [2.24, 2.45) is 16.6 Å². The smallest absolute Gasteiger partial charge is 0.224 e. The fourth-order valence-electron chi connectivity index (χ4n) is 1.61. The molecule has 7 nitrogen and oxygen atoms in total. The van der Waals surface area contributed by atoms with Gasteiger partial charge >= 0.3 is 0 Å². The van der Waals surface area contributed by atoms with E-state index in [1.807, 2.05) is 24.3 Å². The quantitative estimate of drug-likeness (QED) is 0.217. The molecule has 1 amide bonds. The Morgan fingerprint density at radius 1 is 1.35 bits per heavy atom. The Kier molecular flexibility index (Phi) is 7.08. The van der Waals surface area contributed by atoms with Crippen LogP contribution in [0, 0.1) is 0 Å². The Hall–Kier alpha value is -2.12. The monoisotopic (exact) mass is 278 g/mol. The molecule has 0 unspecified atom stereocenters. The maximum Gasteiger partial charge on any atom is 0.224 e. The third-order valence-corrected chi connectivity index (χ3v) is 2.67. The molecule has 1 aromatic carbocycles. The minimum absolute atomic E-state index is 0.0120. The second-order valence-corrected chi connectivity index (χ2v) is 4.28. The van der Waals surface area contributed by atoms with Gasteiger partial charge in [-0.15, -0.1) is 0 Å². The normalized spacial score (nSPS) is 11.2. The summed E-state index contributed by atoms with van der Waals surface area (Å²) in [6.45, 7) is 2.40. The molecule has 0 aliphatic rings. The van der Waals surface area contributed by atoms with E-state index >= 15 is 0 Å². The summed E-state index contributed by atoms with van der Waals surface area (Å²) in [6, 6.07) is 7.49. The van der Waals surface area contributed by atoms with Gasteiger partial charge in [0.05, 0.1) is 6.54 Å². The Balaban J connectivity index is 2.68. The van der Waals surface area contributed by atoms with Crippen LogP contribution in [0.1, 0.15) is 31.7 Å². The number of amides is 1. The molecular weight excluding hydrogens is 256 g/mol. The largest absolute Gasteiger partial charge is 0.369 e. The number of para-hydroxylation sites is 1. The number of carbonyl (C=O) groups excluding carboxylic acids is 1. The summed E-state index contributed by atoms with van der Waals surface area (Å²) in [7, 11) is 0. The minimum atomic E-state index is 0.0120. The third kappa shape index (κ3) is 5.68. The number of aliphatic imine (C=N–C) groups is 1. The van der Waals surface area contributed by atoms with Crippen LogP contribution in [0.2, 0.25) is 0 Å². The van der Waals surface area contributed by atoms with Crippen molar-refractivity contribution >= 4 is 17.6 Å². The molecular formula is C13H22N6O. The van der Waals surface area contributed by atoms with Crippen LogP contribution in [0.4, 0.5) is 5.69 Å². The van der Waals surface area contributed by atoms with Crippen molar-refractivity contribution in [2.45, 2.75) is 32.7 Å². The van der Waals surface area contributed by atoms with Crippen molar-refractivity contribution in [3.63, 3.8) is 0 Å². The predicted octanol–water partition coefficient (Wildman–Crippen LogP) is 0.598. The van der Waals surface area contributed by atoms with Gasteiger partial charge in [0.1, 0.15) is 0 Å². The van der Waals surface area contributed by atoms with Gasteiger partial charge in [-0.3, -0.25) is 16.1 Å². The average molecular weight is 278 g/mol. The Morgan fingerprint density at radius 3 is 2.80 bits per heavy atom. The first-order chi connectivity index (χ1) is 9.67. The lowest BCUT2D eigenvalue weighted by atomic mass is 10.1. The summed E-state index contributed by atoms with van der Waals surface area (Å²) in [5.41, 5.74) is 11.9. The number of hydrogen-bond donors (Lipinski definition) is 5. The summed E-state index contributed by atoms with van der Waals surface area (Å²) in [6.07, 6.45) is 2.40. The van der Waals surface area contributed by atoms with Crippen LogP contribution in [-0.2, 0) is 11.3 Å². The SMILES string of the molecule is CCCCC(=O)Nc1ccccc1CN=C(N)NNN. The first-order valence-electron chi connectivity index (χ1n) is 6.56. The van der Waals surface area contributed by atoms with Gasteiger partial charge in [-0.25, -0.2) is 4.99 Å². The standard InChI is InChI=1S/C13H22N6O/c1-2-3-8-12(20)17-11-7-5-4-6-10(11)9-16-13(14)18-19-15/h4-7,19H,2-3,8-9,15H2,1H3,(H,17,20)(H3,14,16,18). The molecule has 7 N–H and O–H groups in total. The fraction of sp³-hybridized carbons (Fsp3) is 0.385. The number of nitrogens with one attached hydrogen (secondary N) is 3. The van der Waals surface area contributed by atoms with E-state index in [-0.39, 0.29) is 11.9 Å². The van der Waals surface area contributed by atoms with Crippen LogP contribution in [0.3, 0.4) is 0 Å². The lowest BCUT2D eigenvalue weighted by molar-refractivity contribution is -0.116. The zero-order valence-electron chi connectivity index (χ0n) is 11.6. The molecule has 20 heavy (non-hydrogen) atoms. The molecule has 0 aromatic heterocycles. The van der Waals surface area contributed by atoms with E-state index in [1.54, 1.807) is 0 Å². The second kappa shape index (κ2) is 8.89. The van der Waals surface area contributed by atoms with Crippen molar-refractivity contribution in [3.05, 3.63) is 29.8 Å². The van der Waals surface area contributed by atoms with Gasteiger partial charge in [-0.1, -0.05) is 31.5 Å². The predicted molar refractivity (Wildman–Crippen MR) is 80.4 cm³/mol. The topological polar surface area (TPSA) is 118 Å². The first-order valence-corrected chi connectivity index (χ1v) is 6.56. The Morgan fingerprint density at radius 2 is 2.10 bits per heavy atom. The number of hydrazine groups is 2. The molecule has 0 radical (unpaired) electrons. The summed E-state index contributed by atoms with van der Waals surface area (Å²) >= 11 is 0. The summed E-state index contributed by atoms with van der Waals surface area (Å²) in [5.74, 6) is 5.25. The van der Waals surface area contributed by atoms with Crippen LogP contribution < -0.4 is 27.9 Å². The molecule has 0 atom stereocenters. The highest BCUT2D eigenvalue weighted by atomic mass is 16.1. The number of rotatable bonds is 7. The van der Waals surface area contributed by atoms with Gasteiger partial charge in [0.2, 0.25) is 11.9 Å². The van der Waals surface area contributed by atoms with E-state index in [2.05, 4.69) is 28.2 Å². The Bertz CT molecular complexity index is 460. The molecule has 0 bridgehead atoms. The fourth-order valence-corrected chi connectivity index (χ4v) is 1.61. The van der Waals surface area contributed by atoms with Gasteiger partial charge < -0.3 is 11.1 Å². The van der Waals surface area contributed by atoms with E-state index in [0.29, 0.717) is 13.0 Å². The second-order valence-electron chi connectivity index (χ2n) is 4.28. The van der Waals surface area contributed by atoms with E-state index in [4.69, 9.17) is 11.6 Å². The molecule has 0 aliphatic carbocycles. The molecule has 7 heteroatoms. The number of carbonyl (C=O) groups is 1. The van der Waals surface area contributed by atoms with E-state index in [9.17, 15) is 4.79 Å². The number of unbranched alkanes of at least 4 members (excludes halogenated alkanes) is 1. The number of nitrogens with two attached hydrogens (primary N) is 2. The molecule has 0 spiro atoms. The molecule has 0 heterocycles. The van der Waals surface area contributed by atoms with Crippen LogP contribution in [-0.4, -0.2) is 11.9 Å². The van der Waals surface area contributed by atoms with Crippen molar-refractivity contribution in [1.29, 1.82) is 0 Å². The van der Waals surface area contributed by atoms with Crippen molar-refractivity contribution < 1.29 is 4.79 Å². The van der Waals surface area contributed by atoms with Crippen LogP contribution >= 0.6 is 0 Å². The van der Waals surface area contributed by atoms with Gasteiger partial charge in [0.15, 0.2) is 0 Å². The molecule has 110 valence electrons. The minimum Gasteiger partial charge on any atom is -0.369 e. The van der Waals surface area contributed by atoms with Gasteiger partial charge in [0.25, 0.3) is 0 Å². The number of nitrogens with zero attached hydrogens (tertiary/aromatic N) is 1. The zero-order valence-corrected chi connectivity index (χ0v) is 11.6. The number of hydrogen-bond acceptors (Lipinski definition) is 4. The van der Waals surface area contributed by atoms with Crippen molar-refractivity contribution in [3.8, 4) is 0 Å². The summed E-state index contributed by atoms with van der Waals surface area (Å²) < 4.78 is 0. The van der Waals surface area contributed by atoms with Gasteiger partial charge in [-0.05, 0) is 18.1 Å². The van der Waals surface area contributed by atoms with Gasteiger partial charge in [0, 0.05) is 12.1 Å². The lowest BCUT2D eigenvalue weighted by Gasteiger charge is -2.10. The number of benzene rings is 1. The molecule has 1 aromatic rings. The number of anilines is 1. The average Bonchev–Trinajstić information content (AvgIpc) is 2.44. The van der Waals surface area contributed by atoms with Crippen LogP contribution in [0.5, 0.6) is 0 Å². The van der Waals surface area contributed by atoms with Crippen molar-refractivity contribution in [2.75, 3.05) is 5.32 Å². The third-order valence-electron chi connectivity index (χ3n) is 2.67. The Labute approximate surface area is 118 Å². The van der Waals surface area contributed by atoms with Crippen LogP contribution in [0.25, 0.3) is 0 Å². The highest BCUT2D eigenvalue weighted by molar-refractivity contribution is 5.91. The molecule has 0 fully saturated rings. The molecule has 0 saturated carbocycles. The highest BCUT2D eigenvalue weighted by Gasteiger charge is 2.05. The molecule has 0 saturated heterocycles. The van der Waals surface area contributed by atoms with Crippen LogP contribution in [0.15, 0.2) is 29.3 Å². The lowest BCUT2D eigenvalue weighted by Crippen LogP contribution is -2.46. The van der Waals surface area contributed by atoms with Gasteiger partial charge in [-0.2, -0.15) is 5.53 Å². The zero-order chi connectivity index (χ0) is 14.8.